The van der Waals surface area contributed by atoms with Gasteiger partial charge in [-0.3, -0.25) is 0 Å². The third kappa shape index (κ3) is 5.07. The van der Waals surface area contributed by atoms with Crippen LogP contribution in [0.4, 0.5) is 0 Å². The first-order chi connectivity index (χ1) is 12.7. The molecule has 3 rings (SSSR count). The summed E-state index contributed by atoms with van der Waals surface area (Å²) >= 11 is 3.48. The topological polar surface area (TPSA) is 0 Å². The van der Waals surface area contributed by atoms with Crippen LogP contribution in [0, 0.1) is 0 Å². The summed E-state index contributed by atoms with van der Waals surface area (Å²) < 4.78 is 4.10. The summed E-state index contributed by atoms with van der Waals surface area (Å²) in [7, 11) is 0. The zero-order chi connectivity index (χ0) is 19.5. The fourth-order valence-corrected chi connectivity index (χ4v) is 31.6. The molecule has 27 heavy (non-hydrogen) atoms. The van der Waals surface area contributed by atoms with Crippen LogP contribution in [0.15, 0.2) is 77.5 Å². The van der Waals surface area contributed by atoms with Crippen molar-refractivity contribution in [1.29, 1.82) is 0 Å². The molecule has 0 amide bonds. The number of hydrogen-bond acceptors (Lipinski definition) is 1. The normalized spacial score (nSPS) is 12.9. The third-order valence-electron chi connectivity index (χ3n) is 5.59. The SMILES string of the molecule is CC(C)([CH2][Sn]([Br])([CH2]C(C)(C)c1ccccc1)[c]1ccsc1)c1ccccc1. The van der Waals surface area contributed by atoms with Gasteiger partial charge in [0, 0.05) is 0 Å². The molecule has 0 aliphatic carbocycles. The quantitative estimate of drug-likeness (QED) is 0.273. The molecular weight excluding hydrogens is 519 g/mol. The monoisotopic (exact) mass is 548 g/mol. The second-order valence-electron chi connectivity index (χ2n) is 8.83. The first-order valence-corrected chi connectivity index (χ1v) is 22.4. The Bertz CT molecular complexity index is 785. The molecule has 0 spiro atoms. The van der Waals surface area contributed by atoms with E-state index >= 15 is 0 Å². The van der Waals surface area contributed by atoms with Crippen LogP contribution in [-0.4, -0.2) is 16.2 Å². The van der Waals surface area contributed by atoms with E-state index in [1.165, 1.54) is 20.0 Å². The first-order valence-electron chi connectivity index (χ1n) is 9.56. The van der Waals surface area contributed by atoms with Crippen LogP contribution < -0.4 is 3.58 Å². The van der Waals surface area contributed by atoms with E-state index in [2.05, 4.69) is 118 Å². The van der Waals surface area contributed by atoms with Crippen molar-refractivity contribution in [3.63, 3.8) is 0 Å². The van der Waals surface area contributed by atoms with Gasteiger partial charge in [0.2, 0.25) is 0 Å². The molecular formula is C24H29BrSSn. The average molecular weight is 548 g/mol. The molecule has 142 valence electrons. The number of benzene rings is 2. The number of halogens is 1. The summed E-state index contributed by atoms with van der Waals surface area (Å²) in [6.07, 6.45) is 0. The fourth-order valence-electron chi connectivity index (χ4n) is 4.17. The van der Waals surface area contributed by atoms with Crippen molar-refractivity contribution in [3.8, 4) is 0 Å². The number of thiophene rings is 1. The predicted octanol–water partition coefficient (Wildman–Crippen LogP) is 7.25. The Balaban J connectivity index is 1.96. The van der Waals surface area contributed by atoms with Gasteiger partial charge in [0.25, 0.3) is 0 Å². The van der Waals surface area contributed by atoms with Crippen molar-refractivity contribution >= 4 is 43.8 Å². The van der Waals surface area contributed by atoms with Crippen molar-refractivity contribution < 1.29 is 0 Å². The van der Waals surface area contributed by atoms with E-state index in [1.807, 2.05) is 11.3 Å². The van der Waals surface area contributed by atoms with Crippen molar-refractivity contribution in [2.45, 2.75) is 47.4 Å². The standard InChI is InChI=1S/2C10H13.C4H3S.BrH.Sn/c2*1-10(2,3)9-7-5-4-6-8-9;1-2-4-5-3-1;;/h2*4-8H,1H2,2-3H3;1,3-4H;1H;/q;;;;+1/p-1. The maximum atomic E-state index is 4.46. The van der Waals surface area contributed by atoms with E-state index in [9.17, 15) is 0 Å². The molecule has 0 radical (unpaired) electrons. The third-order valence-corrected chi connectivity index (χ3v) is 25.8. The van der Waals surface area contributed by atoms with Gasteiger partial charge < -0.3 is 0 Å². The molecule has 0 unspecified atom stereocenters. The molecule has 0 saturated carbocycles. The summed E-state index contributed by atoms with van der Waals surface area (Å²) in [6, 6.07) is 24.4. The maximum absolute atomic E-state index is 4.46. The van der Waals surface area contributed by atoms with Crippen molar-refractivity contribution in [1.82, 2.24) is 0 Å². The second kappa shape index (κ2) is 8.42. The van der Waals surface area contributed by atoms with Gasteiger partial charge in [-0.05, 0) is 0 Å². The van der Waals surface area contributed by atoms with Gasteiger partial charge >= 0.3 is 180 Å². The van der Waals surface area contributed by atoms with Gasteiger partial charge in [-0.25, -0.2) is 0 Å². The van der Waals surface area contributed by atoms with Crippen LogP contribution in [0.5, 0.6) is 0 Å². The molecule has 3 aromatic rings. The van der Waals surface area contributed by atoms with Crippen molar-refractivity contribution in [3.05, 3.63) is 88.6 Å². The van der Waals surface area contributed by atoms with Crippen LogP contribution in [0.2, 0.25) is 8.87 Å². The average Bonchev–Trinajstić information content (AvgIpc) is 3.18. The van der Waals surface area contributed by atoms with Crippen molar-refractivity contribution in [2.24, 2.45) is 0 Å². The van der Waals surface area contributed by atoms with Crippen molar-refractivity contribution in [2.75, 3.05) is 0 Å². The van der Waals surface area contributed by atoms with E-state index in [0.29, 0.717) is 0 Å². The molecule has 0 saturated heterocycles. The van der Waals surface area contributed by atoms with Gasteiger partial charge in [0.05, 0.1) is 0 Å². The fraction of sp³-hybridized carbons (Fsp3) is 0.333. The first kappa shape index (κ1) is 21.1. The molecule has 0 bridgehead atoms. The minimum absolute atomic E-state index is 0.162. The summed E-state index contributed by atoms with van der Waals surface area (Å²) in [5, 5.41) is 4.64. The predicted molar refractivity (Wildman–Crippen MR) is 127 cm³/mol. The Morgan fingerprint density at radius 1 is 0.741 bits per heavy atom. The van der Waals surface area contributed by atoms with Gasteiger partial charge in [0.15, 0.2) is 0 Å². The van der Waals surface area contributed by atoms with E-state index in [1.54, 1.807) is 3.58 Å². The zero-order valence-corrected chi connectivity index (χ0v) is 22.0. The molecule has 0 nitrogen and oxygen atoms in total. The second-order valence-corrected chi connectivity index (χ2v) is 29.0. The van der Waals surface area contributed by atoms with Crippen LogP contribution >= 0.6 is 24.0 Å². The van der Waals surface area contributed by atoms with E-state index in [-0.39, 0.29) is 10.8 Å². The molecule has 0 fully saturated rings. The van der Waals surface area contributed by atoms with Gasteiger partial charge in [0.1, 0.15) is 0 Å². The molecule has 0 atom stereocenters. The van der Waals surface area contributed by atoms with E-state index < -0.39 is 16.2 Å². The Labute approximate surface area is 178 Å². The molecule has 3 heteroatoms. The van der Waals surface area contributed by atoms with Gasteiger partial charge in [-0.2, -0.15) is 0 Å². The molecule has 1 aromatic heterocycles. The summed E-state index contributed by atoms with van der Waals surface area (Å²) in [6.45, 7) is 9.66. The van der Waals surface area contributed by atoms with Crippen LogP contribution in [0.25, 0.3) is 0 Å². The van der Waals surface area contributed by atoms with Crippen LogP contribution in [-0.2, 0) is 10.8 Å². The molecule has 2 aromatic carbocycles. The van der Waals surface area contributed by atoms with E-state index in [4.69, 9.17) is 0 Å². The summed E-state index contributed by atoms with van der Waals surface area (Å²) in [5.41, 5.74) is 3.21. The van der Waals surface area contributed by atoms with Gasteiger partial charge in [-0.1, -0.05) is 0 Å². The summed E-state index contributed by atoms with van der Waals surface area (Å²) in [4.78, 5) is 0. The molecule has 1 heterocycles. The Hall–Kier alpha value is -0.581. The Morgan fingerprint density at radius 2 is 1.19 bits per heavy atom. The molecule has 0 aliphatic rings. The number of hydrogen-bond donors (Lipinski definition) is 0. The van der Waals surface area contributed by atoms with Gasteiger partial charge in [-0.15, -0.1) is 0 Å². The molecule has 0 aliphatic heterocycles. The van der Waals surface area contributed by atoms with E-state index in [0.717, 1.165) is 0 Å². The number of rotatable bonds is 7. The Morgan fingerprint density at radius 3 is 1.56 bits per heavy atom. The Kier molecular flexibility index (Phi) is 6.59. The summed E-state index contributed by atoms with van der Waals surface area (Å²) in [5.74, 6) is 0. The minimum atomic E-state index is -2.81. The van der Waals surface area contributed by atoms with Crippen LogP contribution in [0.1, 0.15) is 38.8 Å². The van der Waals surface area contributed by atoms with Crippen LogP contribution in [0.3, 0.4) is 0 Å². The molecule has 0 N–H and O–H groups in total. The zero-order valence-electron chi connectivity index (χ0n) is 16.7.